The van der Waals surface area contributed by atoms with E-state index in [1.165, 1.54) is 17.4 Å². The number of thiazole rings is 1. The number of halogens is 1. The van der Waals surface area contributed by atoms with Crippen LogP contribution in [0.3, 0.4) is 0 Å². The molecule has 3 rings (SSSR count). The van der Waals surface area contributed by atoms with E-state index >= 15 is 0 Å². The molecule has 0 aliphatic heterocycles. The fraction of sp³-hybridized carbons (Fsp3) is 0. The normalized spacial score (nSPS) is 10.7. The lowest BCUT2D eigenvalue weighted by Crippen LogP contribution is -1.84. The predicted molar refractivity (Wildman–Crippen MR) is 75.2 cm³/mol. The summed E-state index contributed by atoms with van der Waals surface area (Å²) in [6, 6.07) is 8.64. The molecule has 18 heavy (non-hydrogen) atoms. The molecular formula is C13H9FN2S2. The Balaban J connectivity index is 2.22. The highest BCUT2D eigenvalue weighted by Crippen LogP contribution is 2.39. The number of nitrogens with zero attached hydrogens (tertiary/aromatic N) is 1. The summed E-state index contributed by atoms with van der Waals surface area (Å²) in [5.41, 5.74) is 8.04. The highest BCUT2D eigenvalue weighted by molar-refractivity contribution is 7.19. The van der Waals surface area contributed by atoms with Gasteiger partial charge >= 0.3 is 0 Å². The van der Waals surface area contributed by atoms with Gasteiger partial charge in [0.05, 0.1) is 10.6 Å². The lowest BCUT2D eigenvalue weighted by Gasteiger charge is -2.01. The van der Waals surface area contributed by atoms with Gasteiger partial charge in [-0.2, -0.15) is 11.3 Å². The lowest BCUT2D eigenvalue weighted by atomic mass is 10.1. The molecule has 0 aliphatic carbocycles. The molecule has 0 saturated carbocycles. The van der Waals surface area contributed by atoms with Crippen molar-refractivity contribution in [3.8, 4) is 21.7 Å². The minimum atomic E-state index is -0.252. The van der Waals surface area contributed by atoms with Crippen LogP contribution >= 0.6 is 22.7 Å². The van der Waals surface area contributed by atoms with Gasteiger partial charge in [0.1, 0.15) is 5.82 Å². The van der Waals surface area contributed by atoms with Crippen molar-refractivity contribution in [2.75, 3.05) is 5.73 Å². The van der Waals surface area contributed by atoms with E-state index < -0.39 is 0 Å². The van der Waals surface area contributed by atoms with Crippen LogP contribution in [0.25, 0.3) is 21.7 Å². The Morgan fingerprint density at radius 2 is 2.00 bits per heavy atom. The molecule has 2 nitrogen and oxygen atoms in total. The number of aromatic nitrogens is 1. The van der Waals surface area contributed by atoms with Gasteiger partial charge < -0.3 is 5.73 Å². The zero-order valence-electron chi connectivity index (χ0n) is 9.26. The summed E-state index contributed by atoms with van der Waals surface area (Å²) in [7, 11) is 0. The van der Waals surface area contributed by atoms with Gasteiger partial charge in [-0.05, 0) is 17.5 Å². The van der Waals surface area contributed by atoms with Gasteiger partial charge in [0.15, 0.2) is 5.13 Å². The lowest BCUT2D eigenvalue weighted by molar-refractivity contribution is 0.631. The standard InChI is InChI=1S/C13H9FN2S2/c14-10-4-2-1-3-9(10)12-11(16-13(15)18-12)8-5-6-17-7-8/h1-7H,(H2,15,16). The minimum absolute atomic E-state index is 0.252. The molecule has 0 spiro atoms. The Morgan fingerprint density at radius 1 is 1.17 bits per heavy atom. The third-order valence-corrected chi connectivity index (χ3v) is 4.16. The third kappa shape index (κ3) is 1.91. The third-order valence-electron chi connectivity index (χ3n) is 2.56. The molecule has 0 amide bonds. The highest BCUT2D eigenvalue weighted by Gasteiger charge is 2.16. The van der Waals surface area contributed by atoms with Gasteiger partial charge in [-0.1, -0.05) is 29.5 Å². The van der Waals surface area contributed by atoms with Crippen molar-refractivity contribution < 1.29 is 4.39 Å². The Hall–Kier alpha value is -1.72. The van der Waals surface area contributed by atoms with Crippen LogP contribution in [0.4, 0.5) is 9.52 Å². The number of nitrogens with two attached hydrogens (primary N) is 1. The van der Waals surface area contributed by atoms with E-state index in [9.17, 15) is 4.39 Å². The average molecular weight is 276 g/mol. The predicted octanol–water partition coefficient (Wildman–Crippen LogP) is 4.26. The highest BCUT2D eigenvalue weighted by atomic mass is 32.1. The van der Waals surface area contributed by atoms with Crippen molar-refractivity contribution in [3.63, 3.8) is 0 Å². The van der Waals surface area contributed by atoms with E-state index in [-0.39, 0.29) is 5.82 Å². The van der Waals surface area contributed by atoms with Crippen molar-refractivity contribution in [3.05, 3.63) is 46.9 Å². The topological polar surface area (TPSA) is 38.9 Å². The maximum absolute atomic E-state index is 13.8. The van der Waals surface area contributed by atoms with Crippen LogP contribution in [0, 0.1) is 5.82 Å². The monoisotopic (exact) mass is 276 g/mol. The van der Waals surface area contributed by atoms with Crippen molar-refractivity contribution in [2.45, 2.75) is 0 Å². The Bertz CT molecular complexity index is 674. The van der Waals surface area contributed by atoms with E-state index in [0.29, 0.717) is 10.7 Å². The summed E-state index contributed by atoms with van der Waals surface area (Å²) in [6.45, 7) is 0. The van der Waals surface area contributed by atoms with Gasteiger partial charge in [0.2, 0.25) is 0 Å². The number of benzene rings is 1. The Labute approximate surface area is 112 Å². The number of nitrogen functional groups attached to an aromatic ring is 1. The van der Waals surface area contributed by atoms with E-state index in [4.69, 9.17) is 5.73 Å². The van der Waals surface area contributed by atoms with Gasteiger partial charge in [-0.3, -0.25) is 0 Å². The maximum atomic E-state index is 13.8. The van der Waals surface area contributed by atoms with Gasteiger partial charge in [0, 0.05) is 16.5 Å². The van der Waals surface area contributed by atoms with Crippen LogP contribution in [-0.4, -0.2) is 4.98 Å². The molecule has 0 radical (unpaired) electrons. The van der Waals surface area contributed by atoms with Crippen molar-refractivity contribution in [1.82, 2.24) is 4.98 Å². The maximum Gasteiger partial charge on any atom is 0.181 e. The molecule has 0 bridgehead atoms. The zero-order chi connectivity index (χ0) is 12.5. The fourth-order valence-corrected chi connectivity index (χ4v) is 3.28. The van der Waals surface area contributed by atoms with Crippen LogP contribution in [-0.2, 0) is 0 Å². The van der Waals surface area contributed by atoms with Gasteiger partial charge in [0.25, 0.3) is 0 Å². The summed E-state index contributed by atoms with van der Waals surface area (Å²) in [4.78, 5) is 5.09. The van der Waals surface area contributed by atoms with Crippen LogP contribution < -0.4 is 5.73 Å². The molecule has 0 fully saturated rings. The molecule has 0 unspecified atom stereocenters. The van der Waals surface area contributed by atoms with Crippen LogP contribution in [0.2, 0.25) is 0 Å². The smallest absolute Gasteiger partial charge is 0.181 e. The molecule has 2 aromatic heterocycles. The van der Waals surface area contributed by atoms with E-state index in [1.54, 1.807) is 23.5 Å². The number of rotatable bonds is 2. The van der Waals surface area contributed by atoms with Crippen molar-refractivity contribution in [1.29, 1.82) is 0 Å². The summed E-state index contributed by atoms with van der Waals surface area (Å²) in [5, 5.41) is 4.41. The minimum Gasteiger partial charge on any atom is -0.375 e. The SMILES string of the molecule is Nc1nc(-c2ccsc2)c(-c2ccccc2F)s1. The average Bonchev–Trinajstić information content (AvgIpc) is 2.98. The van der Waals surface area contributed by atoms with Gasteiger partial charge in [-0.25, -0.2) is 9.37 Å². The van der Waals surface area contributed by atoms with Gasteiger partial charge in [-0.15, -0.1) is 0 Å². The quantitative estimate of drug-likeness (QED) is 0.759. The first-order chi connectivity index (χ1) is 8.75. The molecule has 1 aromatic carbocycles. The first kappa shape index (κ1) is 11.4. The largest absolute Gasteiger partial charge is 0.375 e. The molecule has 90 valence electrons. The summed E-state index contributed by atoms with van der Waals surface area (Å²) >= 11 is 2.89. The van der Waals surface area contributed by atoms with E-state index in [1.807, 2.05) is 22.9 Å². The number of hydrogen-bond acceptors (Lipinski definition) is 4. The number of anilines is 1. The first-order valence-corrected chi connectivity index (χ1v) is 7.05. The summed E-state index contributed by atoms with van der Waals surface area (Å²) in [6.07, 6.45) is 0. The number of hydrogen-bond donors (Lipinski definition) is 1. The zero-order valence-corrected chi connectivity index (χ0v) is 10.9. The molecule has 2 N–H and O–H groups in total. The molecule has 2 heterocycles. The first-order valence-electron chi connectivity index (χ1n) is 5.29. The molecule has 0 atom stereocenters. The van der Waals surface area contributed by atoms with Crippen LogP contribution in [0.1, 0.15) is 0 Å². The van der Waals surface area contributed by atoms with Crippen molar-refractivity contribution >= 4 is 27.8 Å². The molecule has 0 saturated heterocycles. The van der Waals surface area contributed by atoms with E-state index in [2.05, 4.69) is 4.98 Å². The Morgan fingerprint density at radius 3 is 2.72 bits per heavy atom. The molecule has 5 heteroatoms. The summed E-state index contributed by atoms with van der Waals surface area (Å²) in [5.74, 6) is -0.252. The molecular weight excluding hydrogens is 267 g/mol. The van der Waals surface area contributed by atoms with Crippen LogP contribution in [0.15, 0.2) is 41.1 Å². The number of thiophene rings is 1. The summed E-state index contributed by atoms with van der Waals surface area (Å²) < 4.78 is 13.8. The van der Waals surface area contributed by atoms with E-state index in [0.717, 1.165) is 16.1 Å². The Kier molecular flexibility index (Phi) is 2.85. The second kappa shape index (κ2) is 4.51. The van der Waals surface area contributed by atoms with Crippen LogP contribution in [0.5, 0.6) is 0 Å². The molecule has 3 aromatic rings. The second-order valence-corrected chi connectivity index (χ2v) is 5.53. The van der Waals surface area contributed by atoms with Crippen molar-refractivity contribution in [2.24, 2.45) is 0 Å². The molecule has 0 aliphatic rings. The second-order valence-electron chi connectivity index (χ2n) is 3.72. The fourth-order valence-electron chi connectivity index (χ4n) is 1.76.